The van der Waals surface area contributed by atoms with Crippen LogP contribution in [-0.2, 0) is 9.59 Å². The lowest BCUT2D eigenvalue weighted by molar-refractivity contribution is -0.139. The van der Waals surface area contributed by atoms with Gasteiger partial charge in [0, 0.05) is 6.42 Å². The van der Waals surface area contributed by atoms with Crippen LogP contribution in [0.5, 0.6) is 0 Å². The van der Waals surface area contributed by atoms with E-state index < -0.39 is 18.0 Å². The van der Waals surface area contributed by atoms with Crippen LogP contribution in [-0.4, -0.2) is 41.3 Å². The van der Waals surface area contributed by atoms with Gasteiger partial charge in [0.05, 0.1) is 0 Å². The van der Waals surface area contributed by atoms with Crippen LogP contribution in [0.3, 0.4) is 0 Å². The summed E-state index contributed by atoms with van der Waals surface area (Å²) in [6.07, 6.45) is -0.224. The molecule has 0 bridgehead atoms. The SMILES string of the molecule is CCNCC.NC(CCC(=O)O)C(=O)O. The third-order valence-electron chi connectivity index (χ3n) is 1.49. The Bertz CT molecular complexity index is 183. The fourth-order valence-corrected chi connectivity index (χ4v) is 0.652. The molecule has 0 aromatic carbocycles. The molecule has 0 aromatic rings. The molecule has 5 N–H and O–H groups in total. The number of carboxylic acids is 2. The van der Waals surface area contributed by atoms with Crippen molar-refractivity contribution in [3.63, 3.8) is 0 Å². The van der Waals surface area contributed by atoms with Gasteiger partial charge in [-0.1, -0.05) is 13.8 Å². The number of nitrogens with two attached hydrogens (primary N) is 1. The van der Waals surface area contributed by atoms with Crippen LogP contribution < -0.4 is 11.1 Å². The van der Waals surface area contributed by atoms with Crippen molar-refractivity contribution in [1.82, 2.24) is 5.32 Å². The van der Waals surface area contributed by atoms with E-state index in [4.69, 9.17) is 15.9 Å². The van der Waals surface area contributed by atoms with Gasteiger partial charge in [-0.3, -0.25) is 9.59 Å². The second kappa shape index (κ2) is 10.9. The maximum Gasteiger partial charge on any atom is 0.320 e. The molecule has 0 rings (SSSR count). The quantitative estimate of drug-likeness (QED) is 0.496. The zero-order valence-electron chi connectivity index (χ0n) is 9.19. The van der Waals surface area contributed by atoms with Gasteiger partial charge < -0.3 is 21.3 Å². The summed E-state index contributed by atoms with van der Waals surface area (Å²) >= 11 is 0. The van der Waals surface area contributed by atoms with Gasteiger partial charge in [-0.05, 0) is 19.5 Å². The fourth-order valence-electron chi connectivity index (χ4n) is 0.652. The van der Waals surface area contributed by atoms with Crippen molar-refractivity contribution >= 4 is 11.9 Å². The van der Waals surface area contributed by atoms with Gasteiger partial charge in [-0.15, -0.1) is 0 Å². The van der Waals surface area contributed by atoms with E-state index >= 15 is 0 Å². The van der Waals surface area contributed by atoms with Crippen molar-refractivity contribution in [2.45, 2.75) is 32.7 Å². The Balaban J connectivity index is 0. The predicted molar refractivity (Wildman–Crippen MR) is 56.7 cm³/mol. The molecular formula is C9H20N2O4. The highest BCUT2D eigenvalue weighted by molar-refractivity contribution is 5.74. The Kier molecular flexibility index (Phi) is 11.9. The summed E-state index contributed by atoms with van der Waals surface area (Å²) in [5.41, 5.74) is 5.00. The highest BCUT2D eigenvalue weighted by Crippen LogP contribution is 1.93. The van der Waals surface area contributed by atoms with Crippen LogP contribution >= 0.6 is 0 Å². The van der Waals surface area contributed by atoms with Gasteiger partial charge in [0.15, 0.2) is 0 Å². The van der Waals surface area contributed by atoms with Gasteiger partial charge in [-0.2, -0.15) is 0 Å². The minimum atomic E-state index is -1.17. The number of aliphatic carboxylic acids is 2. The van der Waals surface area contributed by atoms with Crippen LogP contribution in [0.25, 0.3) is 0 Å². The van der Waals surface area contributed by atoms with Crippen molar-refractivity contribution in [1.29, 1.82) is 0 Å². The molecule has 90 valence electrons. The first-order chi connectivity index (χ1) is 6.95. The maximum absolute atomic E-state index is 9.99. The van der Waals surface area contributed by atoms with E-state index in [0.717, 1.165) is 13.1 Å². The number of carboxylic acid groups (broad SMARTS) is 2. The average molecular weight is 220 g/mol. The van der Waals surface area contributed by atoms with Crippen LogP contribution in [0.15, 0.2) is 0 Å². The van der Waals surface area contributed by atoms with Gasteiger partial charge in [-0.25, -0.2) is 0 Å². The molecule has 0 saturated heterocycles. The van der Waals surface area contributed by atoms with Crippen molar-refractivity contribution in [2.75, 3.05) is 13.1 Å². The first-order valence-corrected chi connectivity index (χ1v) is 4.86. The minimum absolute atomic E-state index is 0.0231. The molecule has 0 radical (unpaired) electrons. The molecule has 15 heavy (non-hydrogen) atoms. The zero-order valence-corrected chi connectivity index (χ0v) is 9.19. The molecule has 6 nitrogen and oxygen atoms in total. The normalized spacial score (nSPS) is 11.1. The van der Waals surface area contributed by atoms with Crippen molar-refractivity contribution < 1.29 is 19.8 Å². The Morgan fingerprint density at radius 1 is 1.27 bits per heavy atom. The van der Waals surface area contributed by atoms with E-state index in [2.05, 4.69) is 19.2 Å². The molecule has 0 amide bonds. The monoisotopic (exact) mass is 220 g/mol. The first-order valence-electron chi connectivity index (χ1n) is 4.86. The summed E-state index contributed by atoms with van der Waals surface area (Å²) in [7, 11) is 0. The second-order valence-corrected chi connectivity index (χ2v) is 2.83. The fraction of sp³-hybridized carbons (Fsp3) is 0.778. The molecule has 6 heteroatoms. The Morgan fingerprint density at radius 3 is 1.93 bits per heavy atom. The summed E-state index contributed by atoms with van der Waals surface area (Å²) < 4.78 is 0. The number of nitrogens with one attached hydrogen (secondary N) is 1. The summed E-state index contributed by atoms with van der Waals surface area (Å²) in [5, 5.41) is 19.4. The van der Waals surface area contributed by atoms with Crippen LogP contribution in [0.2, 0.25) is 0 Å². The lowest BCUT2D eigenvalue weighted by atomic mass is 10.2. The molecule has 0 aliphatic rings. The molecule has 1 atom stereocenters. The predicted octanol–water partition coefficient (Wildman–Crippen LogP) is -0.121. The van der Waals surface area contributed by atoms with Crippen LogP contribution in [0.4, 0.5) is 0 Å². The lowest BCUT2D eigenvalue weighted by Gasteiger charge is -2.01. The summed E-state index contributed by atoms with van der Waals surface area (Å²) in [6.45, 7) is 6.39. The average Bonchev–Trinajstić information content (AvgIpc) is 2.16. The van der Waals surface area contributed by atoms with Crippen molar-refractivity contribution in [2.24, 2.45) is 5.73 Å². The second-order valence-electron chi connectivity index (χ2n) is 2.83. The lowest BCUT2D eigenvalue weighted by Crippen LogP contribution is -2.30. The standard InChI is InChI=1S/C5H9NO4.C4H11N/c6-3(5(9)10)1-2-4(7)8;1-3-5-4-2/h3H,1-2,6H2,(H,7,8)(H,9,10);5H,3-4H2,1-2H3. The third-order valence-corrected chi connectivity index (χ3v) is 1.49. The van der Waals surface area contributed by atoms with Gasteiger partial charge >= 0.3 is 11.9 Å². The van der Waals surface area contributed by atoms with Gasteiger partial charge in [0.2, 0.25) is 0 Å². The van der Waals surface area contributed by atoms with Gasteiger partial charge in [0.25, 0.3) is 0 Å². The number of hydrogen-bond donors (Lipinski definition) is 4. The van der Waals surface area contributed by atoms with E-state index in [1.54, 1.807) is 0 Å². The maximum atomic E-state index is 9.99. The molecule has 0 aliphatic carbocycles. The van der Waals surface area contributed by atoms with Crippen LogP contribution in [0.1, 0.15) is 26.7 Å². The van der Waals surface area contributed by atoms with E-state index in [-0.39, 0.29) is 12.8 Å². The molecule has 0 fully saturated rings. The smallest absolute Gasteiger partial charge is 0.320 e. The highest BCUT2D eigenvalue weighted by atomic mass is 16.4. The Labute approximate surface area is 89.5 Å². The molecule has 1 unspecified atom stereocenters. The minimum Gasteiger partial charge on any atom is -0.481 e. The summed E-state index contributed by atoms with van der Waals surface area (Å²) in [6, 6.07) is -1.06. The molecule has 0 aliphatic heterocycles. The van der Waals surface area contributed by atoms with E-state index in [0.29, 0.717) is 0 Å². The topological polar surface area (TPSA) is 113 Å². The van der Waals surface area contributed by atoms with Crippen LogP contribution in [0, 0.1) is 0 Å². The third kappa shape index (κ3) is 15.6. The van der Waals surface area contributed by atoms with E-state index in [1.807, 2.05) is 0 Å². The molecule has 0 heterocycles. The highest BCUT2D eigenvalue weighted by Gasteiger charge is 2.12. The largest absolute Gasteiger partial charge is 0.481 e. The van der Waals surface area contributed by atoms with Gasteiger partial charge in [0.1, 0.15) is 6.04 Å². The van der Waals surface area contributed by atoms with E-state index in [1.165, 1.54) is 0 Å². The number of rotatable bonds is 6. The Morgan fingerprint density at radius 2 is 1.73 bits per heavy atom. The molecule has 0 aromatic heterocycles. The first kappa shape index (κ1) is 16.3. The summed E-state index contributed by atoms with van der Waals surface area (Å²) in [4.78, 5) is 19.9. The summed E-state index contributed by atoms with van der Waals surface area (Å²) in [5.74, 6) is -2.20. The van der Waals surface area contributed by atoms with Crippen molar-refractivity contribution in [3.05, 3.63) is 0 Å². The zero-order chi connectivity index (χ0) is 12.3. The van der Waals surface area contributed by atoms with Crippen molar-refractivity contribution in [3.8, 4) is 0 Å². The number of carbonyl (C=O) groups is 2. The van der Waals surface area contributed by atoms with E-state index in [9.17, 15) is 9.59 Å². The molecular weight excluding hydrogens is 200 g/mol. The molecule has 0 spiro atoms. The molecule has 0 saturated carbocycles. The number of hydrogen-bond acceptors (Lipinski definition) is 4. The Hall–Kier alpha value is -1.14.